The molecular formula is C74H94Br6Cl3N7O15. The molecule has 9 rings (SSSR count). The van der Waals surface area contributed by atoms with Crippen LogP contribution in [0.3, 0.4) is 0 Å². The number of rotatable bonds is 23. The first-order chi connectivity index (χ1) is 50.0. The fourth-order valence-electron chi connectivity index (χ4n) is 10.1. The van der Waals surface area contributed by atoms with Gasteiger partial charge in [0, 0.05) is 34.6 Å². The third kappa shape index (κ3) is 35.4. The third-order valence-electron chi connectivity index (χ3n) is 15.5. The largest absolute Gasteiger partial charge is 0.507 e. The van der Waals surface area contributed by atoms with Crippen molar-refractivity contribution in [2.24, 2.45) is 5.73 Å². The van der Waals surface area contributed by atoms with Gasteiger partial charge >= 0.3 is 28.4 Å². The average molecular weight is 1910 g/mol. The quantitative estimate of drug-likeness (QED) is 0.0155. The summed E-state index contributed by atoms with van der Waals surface area (Å²) in [7, 11) is 2.65. The molecule has 4 fully saturated rings. The van der Waals surface area contributed by atoms with Crippen LogP contribution in [-0.4, -0.2) is 166 Å². The van der Waals surface area contributed by atoms with Crippen molar-refractivity contribution in [3.8, 4) is 41.1 Å². The Morgan fingerprint density at radius 1 is 0.524 bits per heavy atom. The highest BCUT2D eigenvalue weighted by Crippen LogP contribution is 2.38. The van der Waals surface area contributed by atoms with Gasteiger partial charge in [-0.3, -0.25) is 19.2 Å². The topological polar surface area (TPSA) is 311 Å². The molecule has 4 aliphatic heterocycles. The second-order valence-corrected chi connectivity index (χ2v) is 29.0. The summed E-state index contributed by atoms with van der Waals surface area (Å²) in [6, 6.07) is 26.4. The van der Waals surface area contributed by atoms with Gasteiger partial charge in [0.1, 0.15) is 28.7 Å². The van der Waals surface area contributed by atoms with Crippen molar-refractivity contribution in [2.75, 3.05) is 65.6 Å². The number of carboxylic acid groups (broad SMARTS) is 1. The zero-order valence-corrected chi connectivity index (χ0v) is 72.3. The van der Waals surface area contributed by atoms with Gasteiger partial charge in [0.25, 0.3) is 11.1 Å². The van der Waals surface area contributed by atoms with Crippen LogP contribution in [0.15, 0.2) is 113 Å². The van der Waals surface area contributed by atoms with E-state index < -0.39 is 27.7 Å². The number of benzene rings is 5. The molecule has 5 aromatic rings. The lowest BCUT2D eigenvalue weighted by atomic mass is 9.95. The minimum Gasteiger partial charge on any atom is -0.507 e. The van der Waals surface area contributed by atoms with Crippen molar-refractivity contribution in [3.05, 3.63) is 141 Å². The predicted octanol–water partition coefficient (Wildman–Crippen LogP) is 18.3. The Bertz CT molecular complexity index is 3540. The van der Waals surface area contributed by atoms with E-state index in [-0.39, 0.29) is 41.3 Å². The first-order valence-corrected chi connectivity index (χ1v) is 40.1. The molecule has 578 valence electrons. The number of nitrogens with zero attached hydrogens (tertiary/aromatic N) is 5. The normalized spacial score (nSPS) is 16.3. The fraction of sp³-hybridized carbons (Fsp3) is 0.473. The van der Waals surface area contributed by atoms with Gasteiger partial charge in [-0.15, -0.1) is 0 Å². The van der Waals surface area contributed by atoms with Crippen molar-refractivity contribution in [3.63, 3.8) is 0 Å². The summed E-state index contributed by atoms with van der Waals surface area (Å²) >= 11 is 34.1. The van der Waals surface area contributed by atoms with Gasteiger partial charge in [0.05, 0.1) is 97.8 Å². The maximum absolute atomic E-state index is 12.5. The first-order valence-electron chi connectivity index (χ1n) is 33.9. The molecule has 1 amide bonds. The number of aromatic hydroxyl groups is 1. The molecule has 4 saturated heterocycles. The Hall–Kier alpha value is -5.76. The van der Waals surface area contributed by atoms with Gasteiger partial charge in [0.2, 0.25) is 0 Å². The molecule has 6 atom stereocenters. The van der Waals surface area contributed by atoms with E-state index in [9.17, 15) is 43.9 Å². The summed E-state index contributed by atoms with van der Waals surface area (Å²) in [5, 5.41) is 37.3. The van der Waals surface area contributed by atoms with Crippen molar-refractivity contribution in [2.45, 2.75) is 162 Å². The lowest BCUT2D eigenvalue weighted by Crippen LogP contribution is -2.43. The molecule has 0 aromatic heterocycles. The molecule has 0 saturated carbocycles. The lowest BCUT2D eigenvalue weighted by molar-refractivity contribution is -0.127. The molecule has 0 unspecified atom stereocenters. The standard InChI is InChI=1S/C17H20BrN3O2.C11H13BrO3.C10H10BrClO2.C10H11BrO3.C8H7BrO3.C7H11N3.C6H15N.C3H7Br.C2Cl2O2/c1-2-7-23-16-8-11(3-5-13(16)18)17(22)20-14-9-12-4-6-15(14)21(12)10-19;1-3-6-15-10-7-8(11(13)14-2)4-5-9(10)12;2*1-2-5-14-9-6-7(10(12)13)3-4-8(9)11;1-12-8(11)5-2-3-6(9)7(10)4-5;8-4-10-5-1-2-7(10)6(9)3-5;1-4-7(5-2)6-3;1-2-3-4;3-1(5)2(4)6/h3,5,8,12,14-15H,2,4,6-7,9H2,1H3,(H,20,22);4-5,7H,3,6H2,1-2H3;3-4,6H,2,5H2,1H3;3-4,6H,2,5H2,1H3,(H,12,13);2-4,10H,1H3;5-7H,1-3,9H2;4-6H2,1-3H3;2-3H2,1H3;/t12-,14+,15+;;;;;5-,6+,7+;;;/m0....0.../s1. The van der Waals surface area contributed by atoms with Crippen LogP contribution >= 0.6 is 130 Å². The smallest absolute Gasteiger partial charge is 0.337 e. The molecule has 5 N–H and O–H groups in total. The number of amides is 1. The number of methoxy groups -OCH3 is 2. The van der Waals surface area contributed by atoms with E-state index in [0.717, 1.165) is 81.0 Å². The molecule has 5 aromatic carbocycles. The number of hydrogen-bond acceptors (Lipinski definition) is 20. The number of nitriles is 2. The van der Waals surface area contributed by atoms with Crippen LogP contribution in [0.2, 0.25) is 0 Å². The van der Waals surface area contributed by atoms with Crippen molar-refractivity contribution < 1.29 is 72.2 Å². The number of carboxylic acids is 1. The second kappa shape index (κ2) is 54.8. The highest BCUT2D eigenvalue weighted by atomic mass is 79.9. The van der Waals surface area contributed by atoms with Gasteiger partial charge in [-0.25, -0.2) is 14.4 Å². The van der Waals surface area contributed by atoms with Gasteiger partial charge in [-0.05, 0) is 296 Å². The van der Waals surface area contributed by atoms with Crippen LogP contribution in [0.5, 0.6) is 28.7 Å². The maximum atomic E-state index is 12.5. The zero-order chi connectivity index (χ0) is 79.3. The molecule has 31 heteroatoms. The van der Waals surface area contributed by atoms with Crippen molar-refractivity contribution in [1.82, 2.24) is 20.0 Å². The molecule has 0 radical (unpaired) electrons. The molecule has 22 nitrogen and oxygen atoms in total. The Labute approximate surface area is 682 Å². The number of nitrogens with two attached hydrogens (primary N) is 1. The van der Waals surface area contributed by atoms with Gasteiger partial charge in [-0.2, -0.15) is 10.5 Å². The van der Waals surface area contributed by atoms with Crippen molar-refractivity contribution >= 4 is 170 Å². The number of nitrogens with one attached hydrogen (secondary N) is 1. The number of alkyl halides is 1. The van der Waals surface area contributed by atoms with E-state index in [2.05, 4.69) is 179 Å². The number of carbonyl (C=O) groups excluding carboxylic acids is 6. The van der Waals surface area contributed by atoms with E-state index in [1.54, 1.807) is 66.7 Å². The summed E-state index contributed by atoms with van der Waals surface area (Å²) in [5.74, 6) is 0.739. The van der Waals surface area contributed by atoms with Crippen molar-refractivity contribution in [1.29, 1.82) is 10.5 Å². The van der Waals surface area contributed by atoms with Crippen LogP contribution in [0.25, 0.3) is 0 Å². The van der Waals surface area contributed by atoms with E-state index in [0.29, 0.717) is 94.3 Å². The number of fused-ring (bicyclic) bond motifs is 4. The summed E-state index contributed by atoms with van der Waals surface area (Å²) in [5.41, 5.74) is 7.89. The number of phenols is 1. The lowest BCUT2D eigenvalue weighted by Gasteiger charge is -2.22. The Morgan fingerprint density at radius 3 is 1.17 bits per heavy atom. The Morgan fingerprint density at radius 2 is 0.867 bits per heavy atom. The number of aromatic carboxylic acids is 1. The number of ether oxygens (including phenoxy) is 6. The summed E-state index contributed by atoms with van der Waals surface area (Å²) < 4.78 is 34.8. The molecule has 0 spiro atoms. The highest BCUT2D eigenvalue weighted by molar-refractivity contribution is 9.11. The SMILES string of the molecule is CCCBr.CCCOc1cc(C(=O)Cl)ccc1Br.CCCOc1cc(C(=O)N[C@@H]2C[C@@H]3CC[C@H]2N3C#N)ccc1Br.CCCOc1cc(C(=O)O)ccc1Br.CCCOc1cc(C(=O)OC)ccc1Br.CCN(CC)CC.COC(=O)c1ccc(Br)c(O)c1.N#CN1[C@H]2CC[C@@H]1[C@H](N)C2.O=C(Cl)C(=O)Cl. The van der Waals surface area contributed by atoms with Gasteiger partial charge < -0.3 is 64.4 Å². The molecule has 0 aliphatic carbocycles. The van der Waals surface area contributed by atoms with Crippen LogP contribution in [-0.2, 0) is 19.1 Å². The number of halogens is 9. The first kappa shape index (κ1) is 97.3. The van der Waals surface area contributed by atoms with E-state index >= 15 is 0 Å². The number of carbonyl (C=O) groups is 7. The summed E-state index contributed by atoms with van der Waals surface area (Å²) in [6.45, 7) is 22.8. The minimum atomic E-state index is -1.14. The molecule has 105 heavy (non-hydrogen) atoms. The van der Waals surface area contributed by atoms with Crippen LogP contribution in [0.4, 0.5) is 0 Å². The van der Waals surface area contributed by atoms with Crippen LogP contribution in [0.1, 0.15) is 178 Å². The summed E-state index contributed by atoms with van der Waals surface area (Å²) in [6.07, 6.45) is 15.6. The number of esters is 2. The second-order valence-electron chi connectivity index (χ2n) is 22.9. The summed E-state index contributed by atoms with van der Waals surface area (Å²) in [4.78, 5) is 81.2. The zero-order valence-electron chi connectivity index (χ0n) is 60.5. The van der Waals surface area contributed by atoms with Gasteiger partial charge in [0.15, 0.2) is 12.4 Å². The van der Waals surface area contributed by atoms with Crippen LogP contribution < -0.4 is 30.0 Å². The molecular weight excluding hydrogens is 1810 g/mol. The third-order valence-corrected chi connectivity index (χ3v) is 20.2. The van der Waals surface area contributed by atoms with E-state index in [1.165, 1.54) is 64.9 Å². The Balaban J connectivity index is 0.000000612. The Kier molecular flexibility index (Phi) is 50.7. The van der Waals surface area contributed by atoms with E-state index in [1.807, 2.05) is 43.6 Å². The fourth-order valence-corrected chi connectivity index (χ4v) is 11.9. The monoisotopic (exact) mass is 1900 g/mol. The van der Waals surface area contributed by atoms with Gasteiger partial charge in [-0.1, -0.05) is 71.3 Å². The number of hydrogen-bond donors (Lipinski definition) is 4. The molecule has 4 aliphatic rings. The maximum Gasteiger partial charge on any atom is 0.337 e. The molecule has 4 heterocycles. The highest BCUT2D eigenvalue weighted by Gasteiger charge is 2.47. The van der Waals surface area contributed by atoms with Crippen LogP contribution in [0, 0.1) is 22.9 Å². The average Bonchev–Trinajstić information content (AvgIpc) is 1.64. The molecule has 4 bridgehead atoms. The minimum absolute atomic E-state index is 0.0258. The van der Waals surface area contributed by atoms with E-state index in [4.69, 9.17) is 46.7 Å². The predicted molar refractivity (Wildman–Crippen MR) is 432 cm³/mol. The number of phenolic OH excluding ortho intramolecular Hbond substituents is 1.